The molecule has 0 saturated heterocycles. The number of alkyl halides is 3. The van der Waals surface area contributed by atoms with Crippen molar-refractivity contribution in [3.63, 3.8) is 0 Å². The Morgan fingerprint density at radius 3 is 2.52 bits per heavy atom. The number of hydrogen-bond acceptors (Lipinski definition) is 6. The molecule has 0 aliphatic rings. The molecule has 1 atom stereocenters. The van der Waals surface area contributed by atoms with Gasteiger partial charge < -0.3 is 15.9 Å². The molecule has 136 valence electrons. The Hall–Kier alpha value is -2.43. The zero-order valence-electron chi connectivity index (χ0n) is 13.4. The average Bonchev–Trinajstić information content (AvgIpc) is 2.94. The lowest BCUT2D eigenvalue weighted by Crippen LogP contribution is -2.31. The molecular weight excluding hydrogens is 359 g/mol. The summed E-state index contributed by atoms with van der Waals surface area (Å²) >= 11 is 0.789. The molecule has 25 heavy (non-hydrogen) atoms. The van der Waals surface area contributed by atoms with Gasteiger partial charge in [0.25, 0.3) is 5.82 Å². The molecule has 3 N–H and O–H groups in total. The van der Waals surface area contributed by atoms with Crippen LogP contribution in [0.3, 0.4) is 0 Å². The maximum Gasteiger partial charge on any atom is 0.453 e. The topological polar surface area (TPSA) is 95.1 Å². The highest BCUT2D eigenvalue weighted by Gasteiger charge is 2.38. The van der Waals surface area contributed by atoms with E-state index in [-0.39, 0.29) is 17.6 Å². The normalized spacial score (nSPS) is 12.7. The summed E-state index contributed by atoms with van der Waals surface area (Å²) in [5, 5.41) is 8.18. The van der Waals surface area contributed by atoms with Crippen LogP contribution in [0.25, 0.3) is 0 Å². The van der Waals surface area contributed by atoms with Gasteiger partial charge in [0.1, 0.15) is 5.75 Å². The summed E-state index contributed by atoms with van der Waals surface area (Å²) in [7, 11) is 1.55. The van der Waals surface area contributed by atoms with E-state index in [2.05, 4.69) is 15.5 Å². The summed E-state index contributed by atoms with van der Waals surface area (Å²) in [5.74, 6) is 4.35. The van der Waals surface area contributed by atoms with E-state index in [1.807, 2.05) is 0 Å². The van der Waals surface area contributed by atoms with Crippen LogP contribution in [-0.2, 0) is 17.5 Å². The largest absolute Gasteiger partial charge is 0.497 e. The number of thioether (sulfide) groups is 1. The highest BCUT2D eigenvalue weighted by Crippen LogP contribution is 2.30. The molecular formula is C14H16F3N5O2S. The van der Waals surface area contributed by atoms with Crippen molar-refractivity contribution in [2.24, 2.45) is 0 Å². The van der Waals surface area contributed by atoms with Crippen LogP contribution in [0.2, 0.25) is 0 Å². The van der Waals surface area contributed by atoms with Crippen LogP contribution >= 0.6 is 11.8 Å². The number of nitrogens with two attached hydrogens (primary N) is 1. The summed E-state index contributed by atoms with van der Waals surface area (Å²) in [6.07, 6.45) is -4.71. The smallest absolute Gasteiger partial charge is 0.453 e. The van der Waals surface area contributed by atoms with Crippen molar-refractivity contribution >= 4 is 17.7 Å². The molecule has 0 bridgehead atoms. The van der Waals surface area contributed by atoms with Gasteiger partial charge >= 0.3 is 6.18 Å². The summed E-state index contributed by atoms with van der Waals surface area (Å²) in [4.78, 5) is 12.1. The number of nitrogens with one attached hydrogen (secondary N) is 1. The molecule has 1 aromatic carbocycles. The number of amides is 1. The maximum atomic E-state index is 12.6. The van der Waals surface area contributed by atoms with Gasteiger partial charge in [-0.15, -0.1) is 10.2 Å². The van der Waals surface area contributed by atoms with Crippen molar-refractivity contribution in [1.82, 2.24) is 20.2 Å². The molecule has 0 saturated carbocycles. The third kappa shape index (κ3) is 4.78. The fourth-order valence-corrected chi connectivity index (χ4v) is 2.63. The van der Waals surface area contributed by atoms with Gasteiger partial charge in [0.2, 0.25) is 11.1 Å². The van der Waals surface area contributed by atoms with E-state index in [0.29, 0.717) is 10.4 Å². The van der Waals surface area contributed by atoms with Gasteiger partial charge in [0.05, 0.1) is 12.4 Å². The molecule has 1 amide bonds. The maximum absolute atomic E-state index is 12.6. The van der Waals surface area contributed by atoms with Gasteiger partial charge in [-0.2, -0.15) is 13.2 Å². The lowest BCUT2D eigenvalue weighted by molar-refractivity contribution is -0.146. The predicted octanol–water partition coefficient (Wildman–Crippen LogP) is 1.82. The van der Waals surface area contributed by atoms with E-state index in [9.17, 15) is 18.0 Å². The van der Waals surface area contributed by atoms with Crippen LogP contribution < -0.4 is 15.9 Å². The molecule has 0 spiro atoms. The van der Waals surface area contributed by atoms with Gasteiger partial charge in [-0.3, -0.25) is 4.79 Å². The number of hydrogen-bond donors (Lipinski definition) is 2. The highest BCUT2D eigenvalue weighted by molar-refractivity contribution is 8.00. The second-order valence-electron chi connectivity index (χ2n) is 5.00. The average molecular weight is 375 g/mol. The van der Waals surface area contributed by atoms with Crippen molar-refractivity contribution in [3.8, 4) is 5.75 Å². The first-order valence-electron chi connectivity index (χ1n) is 7.07. The van der Waals surface area contributed by atoms with E-state index in [1.165, 1.54) is 6.92 Å². The quantitative estimate of drug-likeness (QED) is 0.591. The van der Waals surface area contributed by atoms with Crippen molar-refractivity contribution in [1.29, 1.82) is 0 Å². The SMILES string of the molecule is COc1ccc(CNC(=O)[C@@H](C)Sc2nnc(C(F)(F)F)n2N)cc1. The lowest BCUT2D eigenvalue weighted by Gasteiger charge is -2.12. The molecule has 11 heteroatoms. The number of benzene rings is 1. The van der Waals surface area contributed by atoms with Gasteiger partial charge in [-0.05, 0) is 24.6 Å². The summed E-state index contributed by atoms with van der Waals surface area (Å²) < 4.78 is 43.2. The minimum Gasteiger partial charge on any atom is -0.497 e. The molecule has 1 heterocycles. The fraction of sp³-hybridized carbons (Fsp3) is 0.357. The molecule has 0 unspecified atom stereocenters. The summed E-state index contributed by atoms with van der Waals surface area (Å²) in [5.41, 5.74) is 0.854. The zero-order chi connectivity index (χ0) is 18.6. The van der Waals surface area contributed by atoms with Gasteiger partial charge in [-0.25, -0.2) is 4.68 Å². The predicted molar refractivity (Wildman–Crippen MR) is 85.3 cm³/mol. The second-order valence-corrected chi connectivity index (χ2v) is 6.31. The standard InChI is InChI=1S/C14H16F3N5O2S/c1-8(25-13-21-20-12(22(13)18)14(15,16)17)11(23)19-7-9-3-5-10(24-2)6-4-9/h3-6,8H,7,18H2,1-2H3,(H,19,23)/t8-/m1/s1. The number of ether oxygens (including phenoxy) is 1. The first-order valence-corrected chi connectivity index (χ1v) is 7.95. The third-order valence-electron chi connectivity index (χ3n) is 3.20. The van der Waals surface area contributed by atoms with Crippen molar-refractivity contribution in [2.45, 2.75) is 30.1 Å². The number of nitrogen functional groups attached to an aromatic ring is 1. The fourth-order valence-electron chi connectivity index (χ4n) is 1.84. The molecule has 2 aromatic rings. The Morgan fingerprint density at radius 2 is 2.00 bits per heavy atom. The molecule has 0 radical (unpaired) electrons. The number of carbonyl (C=O) groups excluding carboxylic acids is 1. The van der Waals surface area contributed by atoms with Crippen molar-refractivity contribution in [2.75, 3.05) is 13.0 Å². The Balaban J connectivity index is 1.93. The first kappa shape index (κ1) is 18.9. The van der Waals surface area contributed by atoms with Crippen LogP contribution in [0.15, 0.2) is 29.4 Å². The van der Waals surface area contributed by atoms with Crippen LogP contribution in [0.4, 0.5) is 13.2 Å². The molecule has 0 fully saturated rings. The van der Waals surface area contributed by atoms with Crippen molar-refractivity contribution < 1.29 is 22.7 Å². The summed E-state index contributed by atoms with van der Waals surface area (Å²) in [6.45, 7) is 1.81. The minimum absolute atomic E-state index is 0.195. The number of methoxy groups -OCH3 is 1. The number of halogens is 3. The monoisotopic (exact) mass is 375 g/mol. The number of carbonyl (C=O) groups is 1. The Bertz CT molecular complexity index is 733. The van der Waals surface area contributed by atoms with Gasteiger partial charge in [0.15, 0.2) is 0 Å². The lowest BCUT2D eigenvalue weighted by atomic mass is 10.2. The zero-order valence-corrected chi connectivity index (χ0v) is 14.2. The third-order valence-corrected chi connectivity index (χ3v) is 4.25. The second kappa shape index (κ2) is 7.64. The molecule has 7 nitrogen and oxygen atoms in total. The molecule has 0 aliphatic carbocycles. The minimum atomic E-state index is -4.71. The Kier molecular flexibility index (Phi) is 5.77. The number of aromatic nitrogens is 3. The van der Waals surface area contributed by atoms with E-state index < -0.39 is 17.3 Å². The van der Waals surface area contributed by atoms with Gasteiger partial charge in [0, 0.05) is 6.54 Å². The van der Waals surface area contributed by atoms with Crippen molar-refractivity contribution in [3.05, 3.63) is 35.7 Å². The van der Waals surface area contributed by atoms with E-state index in [4.69, 9.17) is 10.6 Å². The van der Waals surface area contributed by atoms with Crippen LogP contribution in [0.5, 0.6) is 5.75 Å². The van der Waals surface area contributed by atoms with Gasteiger partial charge in [-0.1, -0.05) is 23.9 Å². The van der Waals surface area contributed by atoms with Crippen LogP contribution in [0, 0.1) is 0 Å². The first-order chi connectivity index (χ1) is 11.7. The van der Waals surface area contributed by atoms with Crippen LogP contribution in [-0.4, -0.2) is 33.1 Å². The number of rotatable bonds is 6. The molecule has 1 aromatic heterocycles. The van der Waals surface area contributed by atoms with E-state index in [0.717, 1.165) is 17.3 Å². The molecule has 0 aliphatic heterocycles. The highest BCUT2D eigenvalue weighted by atomic mass is 32.2. The van der Waals surface area contributed by atoms with Crippen LogP contribution in [0.1, 0.15) is 18.3 Å². The summed E-state index contributed by atoms with van der Waals surface area (Å²) in [6, 6.07) is 7.11. The Labute approximate surface area is 145 Å². The van der Waals surface area contributed by atoms with E-state index in [1.54, 1.807) is 31.4 Å². The number of nitrogens with zero attached hydrogens (tertiary/aromatic N) is 3. The molecule has 2 rings (SSSR count). The van der Waals surface area contributed by atoms with E-state index >= 15 is 0 Å². The Morgan fingerprint density at radius 1 is 1.36 bits per heavy atom.